The number of nitrogens with zero attached hydrogens (tertiary/aromatic N) is 2. The first-order valence-electron chi connectivity index (χ1n) is 7.32. The number of hydrogen-bond acceptors (Lipinski definition) is 3. The molecule has 0 radical (unpaired) electrons. The molecule has 1 aliphatic carbocycles. The molecule has 0 spiro atoms. The van der Waals surface area contributed by atoms with Gasteiger partial charge in [0.05, 0.1) is 0 Å². The number of halogens is 2. The van der Waals surface area contributed by atoms with E-state index >= 15 is 0 Å². The lowest BCUT2D eigenvalue weighted by Crippen LogP contribution is -2.49. The van der Waals surface area contributed by atoms with Gasteiger partial charge in [-0.1, -0.05) is 17.7 Å². The Morgan fingerprint density at radius 2 is 1.95 bits per heavy atom. The van der Waals surface area contributed by atoms with Crippen molar-refractivity contribution in [2.24, 2.45) is 5.73 Å². The highest BCUT2D eigenvalue weighted by molar-refractivity contribution is 6.31. The van der Waals surface area contributed by atoms with Crippen molar-refractivity contribution in [2.45, 2.75) is 24.9 Å². The number of rotatable bonds is 4. The van der Waals surface area contributed by atoms with Crippen LogP contribution < -0.4 is 5.73 Å². The van der Waals surface area contributed by atoms with Crippen LogP contribution in [0.25, 0.3) is 0 Å². The van der Waals surface area contributed by atoms with Gasteiger partial charge in [0, 0.05) is 49.8 Å². The van der Waals surface area contributed by atoms with Crippen molar-refractivity contribution < 1.29 is 4.39 Å². The second-order valence-electron chi connectivity index (χ2n) is 5.72. The molecule has 110 valence electrons. The Morgan fingerprint density at radius 1 is 1.25 bits per heavy atom. The summed E-state index contributed by atoms with van der Waals surface area (Å²) < 4.78 is 13.2. The summed E-state index contributed by atoms with van der Waals surface area (Å²) in [7, 11) is 0. The zero-order chi connectivity index (χ0) is 14.1. The Morgan fingerprint density at radius 3 is 2.50 bits per heavy atom. The third kappa shape index (κ3) is 2.98. The lowest BCUT2D eigenvalue weighted by molar-refractivity contribution is 0.0938. The van der Waals surface area contributed by atoms with Gasteiger partial charge in [0.2, 0.25) is 0 Å². The maximum atomic E-state index is 13.2. The average molecular weight is 298 g/mol. The van der Waals surface area contributed by atoms with Gasteiger partial charge in [0.25, 0.3) is 0 Å². The standard InChI is InChI=1S/C15H21ClFN3/c16-14-9-11(17)1-4-13(14)15(10-18)20-7-5-19(6-8-20)12-2-3-12/h1,4,9,12,15H,2-3,5-8,10,18H2. The molecule has 1 saturated heterocycles. The maximum absolute atomic E-state index is 13.2. The van der Waals surface area contributed by atoms with E-state index in [1.54, 1.807) is 6.07 Å². The van der Waals surface area contributed by atoms with E-state index in [1.165, 1.54) is 25.0 Å². The van der Waals surface area contributed by atoms with E-state index in [9.17, 15) is 4.39 Å². The molecular formula is C15H21ClFN3. The molecule has 1 unspecified atom stereocenters. The molecule has 0 amide bonds. The normalized spacial score (nSPS) is 22.9. The van der Waals surface area contributed by atoms with Crippen LogP contribution in [0.2, 0.25) is 5.02 Å². The van der Waals surface area contributed by atoms with E-state index in [1.807, 2.05) is 0 Å². The van der Waals surface area contributed by atoms with Crippen LogP contribution in [0.5, 0.6) is 0 Å². The first-order valence-corrected chi connectivity index (χ1v) is 7.70. The van der Waals surface area contributed by atoms with E-state index in [-0.39, 0.29) is 11.9 Å². The average Bonchev–Trinajstić information content (AvgIpc) is 3.27. The van der Waals surface area contributed by atoms with Gasteiger partial charge in [0.1, 0.15) is 5.82 Å². The molecule has 1 aromatic carbocycles. The SMILES string of the molecule is NCC(c1ccc(F)cc1Cl)N1CCN(C2CC2)CC1. The molecular weight excluding hydrogens is 277 g/mol. The number of hydrogen-bond donors (Lipinski definition) is 1. The summed E-state index contributed by atoms with van der Waals surface area (Å²) in [6.45, 7) is 4.72. The van der Waals surface area contributed by atoms with Crippen molar-refractivity contribution >= 4 is 11.6 Å². The van der Waals surface area contributed by atoms with Gasteiger partial charge in [-0.3, -0.25) is 9.80 Å². The lowest BCUT2D eigenvalue weighted by Gasteiger charge is -2.39. The van der Waals surface area contributed by atoms with Crippen molar-refractivity contribution in [1.82, 2.24) is 9.80 Å². The zero-order valence-electron chi connectivity index (χ0n) is 11.6. The summed E-state index contributed by atoms with van der Waals surface area (Å²) in [5.74, 6) is -0.298. The summed E-state index contributed by atoms with van der Waals surface area (Å²) in [6, 6.07) is 5.51. The molecule has 20 heavy (non-hydrogen) atoms. The predicted octanol–water partition coefficient (Wildman–Crippen LogP) is 2.26. The minimum absolute atomic E-state index is 0.0875. The van der Waals surface area contributed by atoms with Gasteiger partial charge in [-0.15, -0.1) is 0 Å². The molecule has 2 aliphatic rings. The Kier molecular flexibility index (Phi) is 4.26. The predicted molar refractivity (Wildman–Crippen MR) is 79.4 cm³/mol. The Labute approximate surface area is 124 Å². The van der Waals surface area contributed by atoms with Crippen LogP contribution >= 0.6 is 11.6 Å². The third-order valence-corrected chi connectivity index (χ3v) is 4.72. The summed E-state index contributed by atoms with van der Waals surface area (Å²) in [4.78, 5) is 4.94. The third-order valence-electron chi connectivity index (χ3n) is 4.40. The van der Waals surface area contributed by atoms with Gasteiger partial charge in [-0.05, 0) is 30.5 Å². The van der Waals surface area contributed by atoms with Crippen LogP contribution in [0.3, 0.4) is 0 Å². The molecule has 0 aromatic heterocycles. The summed E-state index contributed by atoms with van der Waals surface area (Å²) in [5.41, 5.74) is 6.88. The Hall–Kier alpha value is -0.680. The smallest absolute Gasteiger partial charge is 0.124 e. The van der Waals surface area contributed by atoms with Gasteiger partial charge in [0.15, 0.2) is 0 Å². The molecule has 5 heteroatoms. The maximum Gasteiger partial charge on any atom is 0.124 e. The first-order chi connectivity index (χ1) is 9.69. The van der Waals surface area contributed by atoms with Crippen LogP contribution in [0, 0.1) is 5.82 Å². The summed E-state index contributed by atoms with van der Waals surface area (Å²) >= 11 is 6.18. The van der Waals surface area contributed by atoms with Crippen molar-refractivity contribution in [3.8, 4) is 0 Å². The van der Waals surface area contributed by atoms with E-state index < -0.39 is 0 Å². The zero-order valence-corrected chi connectivity index (χ0v) is 12.3. The molecule has 1 atom stereocenters. The minimum Gasteiger partial charge on any atom is -0.329 e. The highest BCUT2D eigenvalue weighted by Gasteiger charge is 2.33. The Bertz CT molecular complexity index is 470. The van der Waals surface area contributed by atoms with Gasteiger partial charge in [-0.25, -0.2) is 4.39 Å². The van der Waals surface area contributed by atoms with Crippen molar-refractivity contribution in [3.63, 3.8) is 0 Å². The molecule has 1 aromatic rings. The number of nitrogens with two attached hydrogens (primary N) is 1. The van der Waals surface area contributed by atoms with Crippen LogP contribution in [0.4, 0.5) is 4.39 Å². The highest BCUT2D eigenvalue weighted by atomic mass is 35.5. The number of piperazine rings is 1. The lowest BCUT2D eigenvalue weighted by atomic mass is 10.0. The topological polar surface area (TPSA) is 32.5 Å². The number of benzene rings is 1. The van der Waals surface area contributed by atoms with E-state index in [0.29, 0.717) is 11.6 Å². The fourth-order valence-electron chi connectivity index (χ4n) is 3.10. The van der Waals surface area contributed by atoms with E-state index in [4.69, 9.17) is 17.3 Å². The molecule has 3 rings (SSSR count). The Balaban J connectivity index is 1.69. The van der Waals surface area contributed by atoms with Crippen LogP contribution in [0.15, 0.2) is 18.2 Å². The van der Waals surface area contributed by atoms with Crippen LogP contribution in [-0.4, -0.2) is 48.6 Å². The quantitative estimate of drug-likeness (QED) is 0.925. The molecule has 3 nitrogen and oxygen atoms in total. The fraction of sp³-hybridized carbons (Fsp3) is 0.600. The molecule has 0 bridgehead atoms. The minimum atomic E-state index is -0.298. The van der Waals surface area contributed by atoms with Crippen LogP contribution in [-0.2, 0) is 0 Å². The fourth-order valence-corrected chi connectivity index (χ4v) is 3.39. The van der Waals surface area contributed by atoms with Gasteiger partial charge < -0.3 is 5.73 Å². The van der Waals surface area contributed by atoms with E-state index in [2.05, 4.69) is 9.80 Å². The molecule has 2 fully saturated rings. The highest BCUT2D eigenvalue weighted by Crippen LogP contribution is 2.31. The summed E-state index contributed by atoms with van der Waals surface area (Å²) in [5, 5.41) is 0.477. The van der Waals surface area contributed by atoms with Crippen molar-refractivity contribution in [3.05, 3.63) is 34.6 Å². The summed E-state index contributed by atoms with van der Waals surface area (Å²) in [6.07, 6.45) is 2.70. The van der Waals surface area contributed by atoms with E-state index in [0.717, 1.165) is 37.8 Å². The largest absolute Gasteiger partial charge is 0.329 e. The van der Waals surface area contributed by atoms with Crippen molar-refractivity contribution in [1.29, 1.82) is 0 Å². The second-order valence-corrected chi connectivity index (χ2v) is 6.13. The second kappa shape index (κ2) is 5.98. The van der Waals surface area contributed by atoms with Gasteiger partial charge in [-0.2, -0.15) is 0 Å². The van der Waals surface area contributed by atoms with Crippen LogP contribution in [0.1, 0.15) is 24.4 Å². The molecule has 1 saturated carbocycles. The van der Waals surface area contributed by atoms with Crippen molar-refractivity contribution in [2.75, 3.05) is 32.7 Å². The van der Waals surface area contributed by atoms with Gasteiger partial charge >= 0.3 is 0 Å². The molecule has 1 aliphatic heterocycles. The first kappa shape index (κ1) is 14.3. The molecule has 1 heterocycles. The molecule has 2 N–H and O–H groups in total. The monoisotopic (exact) mass is 297 g/mol.